The molecule has 2 aromatic carbocycles. The Morgan fingerprint density at radius 2 is 1.43 bits per heavy atom. The molecule has 0 bridgehead atoms. The number of rotatable bonds is 6. The second kappa shape index (κ2) is 9.78. The van der Waals surface area contributed by atoms with Crippen LogP contribution in [0.15, 0.2) is 42.5 Å². The molecular formula is C22H26N2O6. The van der Waals surface area contributed by atoms with Gasteiger partial charge < -0.3 is 14.2 Å². The number of amides is 2. The van der Waals surface area contributed by atoms with Crippen LogP contribution in [0.4, 0.5) is 0 Å². The minimum Gasteiger partial charge on any atom is -0.493 e. The molecule has 0 fully saturated rings. The van der Waals surface area contributed by atoms with Gasteiger partial charge in [0.05, 0.1) is 19.8 Å². The minimum atomic E-state index is -0.677. The van der Waals surface area contributed by atoms with E-state index in [-0.39, 0.29) is 11.0 Å². The molecule has 0 radical (unpaired) electrons. The summed E-state index contributed by atoms with van der Waals surface area (Å²) >= 11 is 0. The van der Waals surface area contributed by atoms with Crippen molar-refractivity contribution in [3.8, 4) is 11.5 Å². The van der Waals surface area contributed by atoms with Crippen molar-refractivity contribution in [1.29, 1.82) is 0 Å². The third-order valence-electron chi connectivity index (χ3n) is 4.28. The Hall–Kier alpha value is -3.55. The monoisotopic (exact) mass is 414 g/mol. The van der Waals surface area contributed by atoms with E-state index in [4.69, 9.17) is 14.2 Å². The van der Waals surface area contributed by atoms with Gasteiger partial charge in [-0.25, -0.2) is 4.79 Å². The van der Waals surface area contributed by atoms with Crippen molar-refractivity contribution in [2.75, 3.05) is 20.8 Å². The highest BCUT2D eigenvalue weighted by molar-refractivity contribution is 5.96. The summed E-state index contributed by atoms with van der Waals surface area (Å²) in [6, 6.07) is 11.6. The molecule has 0 heterocycles. The average molecular weight is 414 g/mol. The first-order valence-electron chi connectivity index (χ1n) is 9.24. The Morgan fingerprint density at radius 3 is 2.00 bits per heavy atom. The zero-order valence-electron chi connectivity index (χ0n) is 17.7. The van der Waals surface area contributed by atoms with Crippen LogP contribution in [0.25, 0.3) is 0 Å². The maximum absolute atomic E-state index is 12.2. The van der Waals surface area contributed by atoms with Gasteiger partial charge in [0.25, 0.3) is 11.8 Å². The van der Waals surface area contributed by atoms with Crippen molar-refractivity contribution in [3.63, 3.8) is 0 Å². The number of methoxy groups -OCH3 is 2. The third-order valence-corrected chi connectivity index (χ3v) is 4.28. The van der Waals surface area contributed by atoms with Crippen LogP contribution in [-0.4, -0.2) is 38.6 Å². The molecule has 0 aliphatic rings. The van der Waals surface area contributed by atoms with Gasteiger partial charge in [-0.3, -0.25) is 20.4 Å². The zero-order valence-corrected chi connectivity index (χ0v) is 17.7. The highest BCUT2D eigenvalue weighted by Crippen LogP contribution is 2.27. The van der Waals surface area contributed by atoms with E-state index in [1.165, 1.54) is 26.4 Å². The summed E-state index contributed by atoms with van der Waals surface area (Å²) in [6.07, 6.45) is 0. The first-order chi connectivity index (χ1) is 14.2. The fraction of sp³-hybridized carbons (Fsp3) is 0.318. The third kappa shape index (κ3) is 5.97. The van der Waals surface area contributed by atoms with E-state index in [2.05, 4.69) is 31.6 Å². The fourth-order valence-electron chi connectivity index (χ4n) is 2.53. The van der Waals surface area contributed by atoms with E-state index >= 15 is 0 Å². The zero-order chi connectivity index (χ0) is 22.3. The predicted molar refractivity (Wildman–Crippen MR) is 111 cm³/mol. The highest BCUT2D eigenvalue weighted by atomic mass is 16.5. The van der Waals surface area contributed by atoms with E-state index in [1.807, 2.05) is 12.1 Å². The number of carbonyl (C=O) groups is 3. The van der Waals surface area contributed by atoms with Gasteiger partial charge >= 0.3 is 5.97 Å². The second-order valence-corrected chi connectivity index (χ2v) is 7.48. The largest absolute Gasteiger partial charge is 0.493 e. The van der Waals surface area contributed by atoms with Crippen LogP contribution in [0.5, 0.6) is 11.5 Å². The topological polar surface area (TPSA) is 103 Å². The summed E-state index contributed by atoms with van der Waals surface area (Å²) in [5.41, 5.74) is 6.08. The Morgan fingerprint density at radius 1 is 0.833 bits per heavy atom. The SMILES string of the molecule is COc1ccc(C(=O)NNC(=O)COC(=O)c2ccc(C(C)(C)C)cc2)cc1OC. The molecule has 8 nitrogen and oxygen atoms in total. The first kappa shape index (κ1) is 22.7. The average Bonchev–Trinajstić information content (AvgIpc) is 2.74. The summed E-state index contributed by atoms with van der Waals surface area (Å²) in [4.78, 5) is 36.1. The molecule has 0 spiro atoms. The van der Waals surface area contributed by atoms with E-state index in [1.54, 1.807) is 18.2 Å². The fourth-order valence-corrected chi connectivity index (χ4v) is 2.53. The molecule has 2 N–H and O–H groups in total. The molecule has 0 saturated carbocycles. The molecule has 0 aromatic heterocycles. The Labute approximate surface area is 175 Å². The molecule has 0 saturated heterocycles. The molecule has 0 atom stereocenters. The molecule has 2 aromatic rings. The van der Waals surface area contributed by atoms with Gasteiger partial charge in [0, 0.05) is 5.56 Å². The lowest BCUT2D eigenvalue weighted by Crippen LogP contribution is -2.43. The number of nitrogens with one attached hydrogen (secondary N) is 2. The van der Waals surface area contributed by atoms with Crippen molar-refractivity contribution < 1.29 is 28.6 Å². The molecular weight excluding hydrogens is 388 g/mol. The standard InChI is InChI=1S/C22H26N2O6/c1-22(2,3)16-9-6-14(7-10-16)21(27)30-13-19(25)23-24-20(26)15-8-11-17(28-4)18(12-15)29-5/h6-12H,13H2,1-5H3,(H,23,25)(H,24,26). The van der Waals surface area contributed by atoms with Crippen molar-refractivity contribution in [2.24, 2.45) is 0 Å². The number of hydrogen-bond donors (Lipinski definition) is 2. The number of esters is 1. The molecule has 2 amide bonds. The van der Waals surface area contributed by atoms with Gasteiger partial charge in [-0.1, -0.05) is 32.9 Å². The molecule has 0 unspecified atom stereocenters. The number of ether oxygens (including phenoxy) is 3. The molecule has 2 rings (SSSR count). The van der Waals surface area contributed by atoms with E-state index in [9.17, 15) is 14.4 Å². The summed E-state index contributed by atoms with van der Waals surface area (Å²) < 4.78 is 15.2. The van der Waals surface area contributed by atoms with Crippen LogP contribution >= 0.6 is 0 Å². The highest BCUT2D eigenvalue weighted by Gasteiger charge is 2.16. The Balaban J connectivity index is 1.84. The number of carbonyl (C=O) groups excluding carboxylic acids is 3. The Kier molecular flexibility index (Phi) is 7.41. The lowest BCUT2D eigenvalue weighted by molar-refractivity contribution is -0.125. The summed E-state index contributed by atoms with van der Waals surface area (Å²) in [5, 5.41) is 0. The van der Waals surface area contributed by atoms with Crippen molar-refractivity contribution >= 4 is 17.8 Å². The smallest absolute Gasteiger partial charge is 0.338 e. The summed E-state index contributed by atoms with van der Waals surface area (Å²) in [5.74, 6) is -1.02. The Bertz CT molecular complexity index is 916. The predicted octanol–water partition coefficient (Wildman–Crippen LogP) is 2.62. The van der Waals surface area contributed by atoms with Gasteiger partial charge in [0.2, 0.25) is 0 Å². The second-order valence-electron chi connectivity index (χ2n) is 7.48. The maximum Gasteiger partial charge on any atom is 0.338 e. The molecule has 0 aliphatic heterocycles. The summed E-state index contributed by atoms with van der Waals surface area (Å²) in [6.45, 7) is 5.68. The molecule has 160 valence electrons. The van der Waals surface area contributed by atoms with Crippen LogP contribution in [-0.2, 0) is 14.9 Å². The lowest BCUT2D eigenvalue weighted by Gasteiger charge is -2.18. The minimum absolute atomic E-state index is 0.0333. The van der Waals surface area contributed by atoms with Crippen molar-refractivity contribution in [3.05, 3.63) is 59.2 Å². The van der Waals surface area contributed by atoms with Gasteiger partial charge in [0.1, 0.15) is 0 Å². The van der Waals surface area contributed by atoms with E-state index < -0.39 is 24.4 Å². The molecule has 30 heavy (non-hydrogen) atoms. The summed E-state index contributed by atoms with van der Waals surface area (Å²) in [7, 11) is 2.93. The first-order valence-corrected chi connectivity index (χ1v) is 9.24. The van der Waals surface area contributed by atoms with Crippen LogP contribution < -0.4 is 20.3 Å². The number of benzene rings is 2. The van der Waals surface area contributed by atoms with E-state index in [0.717, 1.165) is 5.56 Å². The van der Waals surface area contributed by atoms with Gasteiger partial charge in [-0.05, 0) is 41.3 Å². The molecule has 0 aliphatic carbocycles. The van der Waals surface area contributed by atoms with Gasteiger partial charge in [-0.2, -0.15) is 0 Å². The van der Waals surface area contributed by atoms with E-state index in [0.29, 0.717) is 17.1 Å². The number of hydrazine groups is 1. The van der Waals surface area contributed by atoms with Gasteiger partial charge in [0.15, 0.2) is 18.1 Å². The van der Waals surface area contributed by atoms with Crippen LogP contribution in [0.1, 0.15) is 47.1 Å². The van der Waals surface area contributed by atoms with Crippen LogP contribution in [0.2, 0.25) is 0 Å². The number of hydrogen-bond acceptors (Lipinski definition) is 6. The normalized spacial score (nSPS) is 10.7. The maximum atomic E-state index is 12.2. The van der Waals surface area contributed by atoms with Crippen LogP contribution in [0, 0.1) is 0 Å². The van der Waals surface area contributed by atoms with Gasteiger partial charge in [-0.15, -0.1) is 0 Å². The van der Waals surface area contributed by atoms with Crippen LogP contribution in [0.3, 0.4) is 0 Å². The molecule has 8 heteroatoms. The van der Waals surface area contributed by atoms with Crippen molar-refractivity contribution in [1.82, 2.24) is 10.9 Å². The van der Waals surface area contributed by atoms with Crippen molar-refractivity contribution in [2.45, 2.75) is 26.2 Å². The lowest BCUT2D eigenvalue weighted by atomic mass is 9.87. The quantitative estimate of drug-likeness (QED) is 0.556.